The Morgan fingerprint density at radius 2 is 1.81 bits per heavy atom. The highest BCUT2D eigenvalue weighted by atomic mass is 16.5. The van der Waals surface area contributed by atoms with Crippen LogP contribution in [0.4, 0.5) is 5.69 Å². The quantitative estimate of drug-likeness (QED) is 0.273. The van der Waals surface area contributed by atoms with Crippen LogP contribution in [0.15, 0.2) is 66.2 Å². The maximum atomic E-state index is 13.5. The summed E-state index contributed by atoms with van der Waals surface area (Å²) in [6.07, 6.45) is 1.56. The van der Waals surface area contributed by atoms with Crippen LogP contribution in [0.3, 0.4) is 0 Å². The summed E-state index contributed by atoms with van der Waals surface area (Å²) in [5.74, 6) is 0.125. The Bertz CT molecular complexity index is 1390. The van der Waals surface area contributed by atoms with E-state index in [9.17, 15) is 14.7 Å². The van der Waals surface area contributed by atoms with Gasteiger partial charge < -0.3 is 19.3 Å². The molecule has 7 heteroatoms. The molecule has 3 aromatic carbocycles. The van der Waals surface area contributed by atoms with Gasteiger partial charge in [-0.05, 0) is 72.5 Å². The van der Waals surface area contributed by atoms with Gasteiger partial charge in [0.15, 0.2) is 11.5 Å². The molecule has 2 aliphatic heterocycles. The lowest BCUT2D eigenvalue weighted by Crippen LogP contribution is -2.29. The second kappa shape index (κ2) is 10.0. The van der Waals surface area contributed by atoms with Crippen molar-refractivity contribution in [2.45, 2.75) is 32.7 Å². The molecule has 7 nitrogen and oxygen atoms in total. The molecule has 1 N–H and O–H groups in total. The number of anilines is 1. The van der Waals surface area contributed by atoms with Crippen molar-refractivity contribution in [1.82, 2.24) is 0 Å². The van der Waals surface area contributed by atoms with Gasteiger partial charge in [-0.25, -0.2) is 0 Å². The van der Waals surface area contributed by atoms with E-state index in [0.29, 0.717) is 47.9 Å². The molecule has 1 saturated heterocycles. The SMILES string of the molecule is CCOc1cc(C2/C(=C(\O)c3ccc4c(c3)CCO4)C(=O)C(=O)N2c2ccc(CC)cc2)ccc1OC. The zero-order chi connectivity index (χ0) is 26.1. The van der Waals surface area contributed by atoms with E-state index in [1.807, 2.05) is 37.3 Å². The molecular formula is C30H29NO6. The van der Waals surface area contributed by atoms with E-state index >= 15 is 0 Å². The smallest absolute Gasteiger partial charge is 0.300 e. The lowest BCUT2D eigenvalue weighted by molar-refractivity contribution is -0.132. The average Bonchev–Trinajstić information content (AvgIpc) is 3.50. The number of methoxy groups -OCH3 is 1. The first-order valence-electron chi connectivity index (χ1n) is 12.4. The number of amides is 1. The molecule has 1 fully saturated rings. The van der Waals surface area contributed by atoms with Gasteiger partial charge in [-0.2, -0.15) is 0 Å². The third kappa shape index (κ3) is 4.31. The summed E-state index contributed by atoms with van der Waals surface area (Å²) in [5, 5.41) is 11.5. The Morgan fingerprint density at radius 3 is 2.51 bits per heavy atom. The first-order chi connectivity index (χ1) is 18.0. The van der Waals surface area contributed by atoms with Gasteiger partial charge in [-0.3, -0.25) is 14.5 Å². The molecule has 5 rings (SSSR count). The molecule has 37 heavy (non-hydrogen) atoms. The fourth-order valence-electron chi connectivity index (χ4n) is 4.93. The molecule has 1 unspecified atom stereocenters. The van der Waals surface area contributed by atoms with Gasteiger partial charge in [-0.15, -0.1) is 0 Å². The van der Waals surface area contributed by atoms with Gasteiger partial charge in [0.1, 0.15) is 11.5 Å². The number of benzene rings is 3. The number of Topliss-reactive ketones (excluding diaryl/α,β-unsaturated/α-hetero) is 1. The highest BCUT2D eigenvalue weighted by molar-refractivity contribution is 6.51. The Labute approximate surface area is 215 Å². The van der Waals surface area contributed by atoms with Crippen molar-refractivity contribution in [3.8, 4) is 17.2 Å². The van der Waals surface area contributed by atoms with Gasteiger partial charge in [0.05, 0.1) is 31.9 Å². The Morgan fingerprint density at radius 1 is 1.03 bits per heavy atom. The zero-order valence-electron chi connectivity index (χ0n) is 21.1. The van der Waals surface area contributed by atoms with E-state index < -0.39 is 17.7 Å². The summed E-state index contributed by atoms with van der Waals surface area (Å²) in [4.78, 5) is 28.4. The maximum absolute atomic E-state index is 13.5. The highest BCUT2D eigenvalue weighted by Gasteiger charge is 2.47. The van der Waals surface area contributed by atoms with Crippen molar-refractivity contribution < 1.29 is 28.9 Å². The highest BCUT2D eigenvalue weighted by Crippen LogP contribution is 2.44. The van der Waals surface area contributed by atoms with Crippen LogP contribution in [0, 0.1) is 0 Å². The number of aliphatic hydroxyl groups excluding tert-OH is 1. The molecule has 3 aromatic rings. The van der Waals surface area contributed by atoms with Crippen LogP contribution in [-0.4, -0.2) is 37.1 Å². The van der Waals surface area contributed by atoms with Crippen molar-refractivity contribution in [3.05, 3.63) is 88.5 Å². The minimum absolute atomic E-state index is 0.0241. The van der Waals surface area contributed by atoms with Crippen molar-refractivity contribution in [3.63, 3.8) is 0 Å². The Hall–Kier alpha value is -4.26. The summed E-state index contributed by atoms with van der Waals surface area (Å²) in [6, 6.07) is 17.3. The minimum atomic E-state index is -0.859. The third-order valence-corrected chi connectivity index (χ3v) is 6.83. The van der Waals surface area contributed by atoms with E-state index in [1.165, 1.54) is 4.90 Å². The molecule has 0 radical (unpaired) electrons. The molecule has 0 spiro atoms. The number of nitrogens with zero attached hydrogens (tertiary/aromatic N) is 1. The van der Waals surface area contributed by atoms with Crippen LogP contribution in [0.1, 0.15) is 42.1 Å². The Balaban J connectivity index is 1.70. The van der Waals surface area contributed by atoms with E-state index in [2.05, 4.69) is 6.92 Å². The molecule has 0 saturated carbocycles. The first-order valence-corrected chi connectivity index (χ1v) is 12.4. The second-order valence-electron chi connectivity index (χ2n) is 8.95. The van der Waals surface area contributed by atoms with Crippen LogP contribution in [0.2, 0.25) is 0 Å². The van der Waals surface area contributed by atoms with Gasteiger partial charge in [-0.1, -0.05) is 25.1 Å². The summed E-state index contributed by atoms with van der Waals surface area (Å²) in [7, 11) is 1.55. The second-order valence-corrected chi connectivity index (χ2v) is 8.95. The molecular weight excluding hydrogens is 470 g/mol. The number of fused-ring (bicyclic) bond motifs is 1. The lowest BCUT2D eigenvalue weighted by Gasteiger charge is -2.26. The number of hydrogen-bond acceptors (Lipinski definition) is 6. The fraction of sp³-hybridized carbons (Fsp3) is 0.267. The number of hydrogen-bond donors (Lipinski definition) is 1. The fourth-order valence-corrected chi connectivity index (χ4v) is 4.93. The predicted molar refractivity (Wildman–Crippen MR) is 140 cm³/mol. The molecule has 190 valence electrons. The van der Waals surface area contributed by atoms with Crippen molar-refractivity contribution in [2.75, 3.05) is 25.2 Å². The zero-order valence-corrected chi connectivity index (χ0v) is 21.1. The van der Waals surface area contributed by atoms with E-state index in [0.717, 1.165) is 23.3 Å². The summed E-state index contributed by atoms with van der Waals surface area (Å²) in [5.41, 5.74) is 3.74. The number of ether oxygens (including phenoxy) is 3. The maximum Gasteiger partial charge on any atom is 0.300 e. The first kappa shape index (κ1) is 24.4. The largest absolute Gasteiger partial charge is 0.507 e. The molecule has 2 heterocycles. The molecule has 0 aliphatic carbocycles. The molecule has 0 bridgehead atoms. The van der Waals surface area contributed by atoms with E-state index in [1.54, 1.807) is 37.4 Å². The van der Waals surface area contributed by atoms with Crippen LogP contribution in [0.5, 0.6) is 17.2 Å². The Kier molecular flexibility index (Phi) is 6.61. The van der Waals surface area contributed by atoms with E-state index in [-0.39, 0.29) is 11.3 Å². The number of ketones is 1. The van der Waals surface area contributed by atoms with Crippen molar-refractivity contribution in [1.29, 1.82) is 0 Å². The number of aryl methyl sites for hydroxylation is 1. The number of carbonyl (C=O) groups excluding carboxylic acids is 2. The van der Waals surface area contributed by atoms with Gasteiger partial charge >= 0.3 is 0 Å². The predicted octanol–water partition coefficient (Wildman–Crippen LogP) is 5.22. The van der Waals surface area contributed by atoms with Gasteiger partial charge in [0.25, 0.3) is 11.7 Å². The van der Waals surface area contributed by atoms with Crippen molar-refractivity contribution in [2.24, 2.45) is 0 Å². The standard InChI is InChI=1S/C30H29NO6/c1-4-18-6-10-22(11-7-18)31-27(20-8-13-24(35-3)25(17-20)36-5-2)26(29(33)30(31)34)28(32)21-9-12-23-19(16-21)14-15-37-23/h6-13,16-17,27,32H,4-5,14-15H2,1-3H3/b28-26+. The number of carbonyl (C=O) groups is 2. The monoisotopic (exact) mass is 499 g/mol. The van der Waals surface area contributed by atoms with Gasteiger partial charge in [0, 0.05) is 17.7 Å². The van der Waals surface area contributed by atoms with Crippen LogP contribution < -0.4 is 19.1 Å². The lowest BCUT2D eigenvalue weighted by atomic mass is 9.94. The van der Waals surface area contributed by atoms with Crippen LogP contribution in [-0.2, 0) is 22.4 Å². The average molecular weight is 500 g/mol. The normalized spacial score (nSPS) is 18.0. The van der Waals surface area contributed by atoms with Crippen LogP contribution in [0.25, 0.3) is 5.76 Å². The molecule has 0 aromatic heterocycles. The summed E-state index contributed by atoms with van der Waals surface area (Å²) < 4.78 is 16.8. The van der Waals surface area contributed by atoms with Crippen molar-refractivity contribution >= 4 is 23.1 Å². The molecule has 1 atom stereocenters. The minimum Gasteiger partial charge on any atom is -0.507 e. The summed E-state index contributed by atoms with van der Waals surface area (Å²) in [6.45, 7) is 4.90. The van der Waals surface area contributed by atoms with Gasteiger partial charge in [0.2, 0.25) is 0 Å². The van der Waals surface area contributed by atoms with E-state index in [4.69, 9.17) is 14.2 Å². The topological polar surface area (TPSA) is 85.3 Å². The summed E-state index contributed by atoms with van der Waals surface area (Å²) >= 11 is 0. The number of aliphatic hydroxyl groups is 1. The molecule has 2 aliphatic rings. The molecule has 1 amide bonds. The number of rotatable bonds is 7. The van der Waals surface area contributed by atoms with Crippen LogP contribution >= 0.6 is 0 Å². The third-order valence-electron chi connectivity index (χ3n) is 6.83.